The van der Waals surface area contributed by atoms with Crippen LogP contribution in [0.25, 0.3) is 0 Å². The smallest absolute Gasteiger partial charge is 0.264 e. The summed E-state index contributed by atoms with van der Waals surface area (Å²) >= 11 is 0. The fourth-order valence-electron chi connectivity index (χ4n) is 3.14. The molecule has 1 atom stereocenters. The molecule has 1 N–H and O–H groups in total. The number of likely N-dealkylation sites (N-methyl/N-ethyl adjacent to an activating group) is 1. The van der Waals surface area contributed by atoms with Gasteiger partial charge in [0.25, 0.3) is 15.9 Å². The van der Waals surface area contributed by atoms with Gasteiger partial charge in [-0.1, -0.05) is 17.7 Å². The second-order valence-electron chi connectivity index (χ2n) is 7.54. The normalized spacial score (nSPS) is 12.5. The Morgan fingerprint density at radius 2 is 1.65 bits per heavy atom. The predicted molar refractivity (Wildman–Crippen MR) is 121 cm³/mol. The SMILES string of the molecule is Cc1ccc(S(=O)(=O)N(C)c2ccc(C(=O)NC[C@H](c3ccco3)N(C)C)cc2)cc1. The van der Waals surface area contributed by atoms with E-state index < -0.39 is 10.0 Å². The minimum absolute atomic E-state index is 0.0935. The van der Waals surface area contributed by atoms with Crippen LogP contribution in [-0.2, 0) is 10.0 Å². The van der Waals surface area contributed by atoms with Gasteiger partial charge in [-0.3, -0.25) is 14.0 Å². The summed E-state index contributed by atoms with van der Waals surface area (Å²) in [7, 11) is 1.64. The first-order chi connectivity index (χ1) is 14.7. The molecule has 0 aliphatic carbocycles. The van der Waals surface area contributed by atoms with Crippen LogP contribution >= 0.6 is 0 Å². The zero-order chi connectivity index (χ0) is 22.6. The maximum atomic E-state index is 12.8. The van der Waals surface area contributed by atoms with Gasteiger partial charge < -0.3 is 9.73 Å². The molecule has 0 unspecified atom stereocenters. The van der Waals surface area contributed by atoms with E-state index in [0.717, 1.165) is 11.3 Å². The Labute approximate surface area is 183 Å². The van der Waals surface area contributed by atoms with Gasteiger partial charge in [-0.15, -0.1) is 0 Å². The number of furan rings is 1. The van der Waals surface area contributed by atoms with E-state index in [1.54, 1.807) is 54.8 Å². The van der Waals surface area contributed by atoms with E-state index in [1.807, 2.05) is 38.1 Å². The largest absolute Gasteiger partial charge is 0.468 e. The Kier molecular flexibility index (Phi) is 6.82. The molecule has 0 spiro atoms. The maximum absolute atomic E-state index is 12.8. The molecule has 0 aliphatic heterocycles. The molecule has 3 rings (SSSR count). The topological polar surface area (TPSA) is 82.9 Å². The third-order valence-corrected chi connectivity index (χ3v) is 6.92. The molecular formula is C23H27N3O4S. The number of nitrogens with zero attached hydrogens (tertiary/aromatic N) is 2. The number of rotatable bonds is 8. The Balaban J connectivity index is 1.69. The summed E-state index contributed by atoms with van der Waals surface area (Å²) in [5.41, 5.74) is 1.90. The van der Waals surface area contributed by atoms with Gasteiger partial charge >= 0.3 is 0 Å². The van der Waals surface area contributed by atoms with Gasteiger partial charge in [0, 0.05) is 19.2 Å². The van der Waals surface area contributed by atoms with Crippen molar-refractivity contribution >= 4 is 21.6 Å². The zero-order valence-electron chi connectivity index (χ0n) is 18.1. The Morgan fingerprint density at radius 3 is 2.19 bits per heavy atom. The molecule has 0 fully saturated rings. The van der Waals surface area contributed by atoms with E-state index in [-0.39, 0.29) is 16.8 Å². The monoisotopic (exact) mass is 441 g/mol. The molecule has 0 radical (unpaired) electrons. The molecule has 0 saturated heterocycles. The molecule has 2 aromatic carbocycles. The Hall–Kier alpha value is -3.10. The second kappa shape index (κ2) is 9.36. The van der Waals surface area contributed by atoms with Gasteiger partial charge in [-0.2, -0.15) is 0 Å². The van der Waals surface area contributed by atoms with Crippen molar-refractivity contribution in [2.24, 2.45) is 0 Å². The minimum Gasteiger partial charge on any atom is -0.468 e. The van der Waals surface area contributed by atoms with Crippen molar-refractivity contribution < 1.29 is 17.6 Å². The number of carbonyl (C=O) groups is 1. The second-order valence-corrected chi connectivity index (χ2v) is 9.51. The van der Waals surface area contributed by atoms with Gasteiger partial charge in [0.1, 0.15) is 5.76 Å². The average Bonchev–Trinajstić information content (AvgIpc) is 3.28. The molecule has 1 aromatic heterocycles. The summed E-state index contributed by atoms with van der Waals surface area (Å²) in [4.78, 5) is 14.8. The van der Waals surface area contributed by atoms with Crippen LogP contribution in [0.1, 0.15) is 27.7 Å². The highest BCUT2D eigenvalue weighted by Crippen LogP contribution is 2.23. The number of aryl methyl sites for hydroxylation is 1. The van der Waals surface area contributed by atoms with Crippen molar-refractivity contribution in [2.45, 2.75) is 17.9 Å². The molecule has 0 saturated carbocycles. The molecule has 0 aliphatic rings. The van der Waals surface area contributed by atoms with Crippen molar-refractivity contribution in [3.05, 3.63) is 83.8 Å². The summed E-state index contributed by atoms with van der Waals surface area (Å²) in [6.45, 7) is 2.28. The summed E-state index contributed by atoms with van der Waals surface area (Å²) in [5.74, 6) is 0.526. The van der Waals surface area contributed by atoms with E-state index >= 15 is 0 Å². The predicted octanol–water partition coefficient (Wildman–Crippen LogP) is 3.45. The van der Waals surface area contributed by atoms with Gasteiger partial charge in [-0.25, -0.2) is 8.42 Å². The number of carbonyl (C=O) groups excluding carboxylic acids is 1. The number of hydrogen-bond donors (Lipinski definition) is 1. The Morgan fingerprint density at radius 1 is 1.00 bits per heavy atom. The molecule has 7 nitrogen and oxygen atoms in total. The molecule has 1 amide bonds. The van der Waals surface area contributed by atoms with Gasteiger partial charge in [-0.05, 0) is 69.6 Å². The van der Waals surface area contributed by atoms with Gasteiger partial charge in [0.05, 0.1) is 22.9 Å². The number of amides is 1. The molecule has 3 aromatic rings. The van der Waals surface area contributed by atoms with Crippen molar-refractivity contribution in [1.82, 2.24) is 10.2 Å². The number of nitrogens with one attached hydrogen (secondary N) is 1. The quantitative estimate of drug-likeness (QED) is 0.579. The molecule has 8 heteroatoms. The van der Waals surface area contributed by atoms with Gasteiger partial charge in [0.15, 0.2) is 0 Å². The van der Waals surface area contributed by atoms with Crippen LogP contribution in [0.2, 0.25) is 0 Å². The maximum Gasteiger partial charge on any atom is 0.264 e. The van der Waals surface area contributed by atoms with Gasteiger partial charge in [0.2, 0.25) is 0 Å². The van der Waals surface area contributed by atoms with Crippen LogP contribution in [0.15, 0.2) is 76.2 Å². The zero-order valence-corrected chi connectivity index (χ0v) is 18.9. The first-order valence-corrected chi connectivity index (χ1v) is 11.3. The highest BCUT2D eigenvalue weighted by Gasteiger charge is 2.22. The van der Waals surface area contributed by atoms with E-state index in [1.165, 1.54) is 11.4 Å². The third kappa shape index (κ3) is 5.15. The van der Waals surface area contributed by atoms with Crippen LogP contribution in [-0.4, -0.2) is 46.9 Å². The average molecular weight is 442 g/mol. The number of benzene rings is 2. The first-order valence-electron chi connectivity index (χ1n) is 9.84. The highest BCUT2D eigenvalue weighted by molar-refractivity contribution is 7.92. The van der Waals surface area contributed by atoms with Crippen molar-refractivity contribution in [3.63, 3.8) is 0 Å². The molecule has 31 heavy (non-hydrogen) atoms. The fraction of sp³-hybridized carbons (Fsp3) is 0.261. The van der Waals surface area contributed by atoms with Crippen LogP contribution in [0.4, 0.5) is 5.69 Å². The van der Waals surface area contributed by atoms with E-state index in [4.69, 9.17) is 4.42 Å². The number of hydrogen-bond acceptors (Lipinski definition) is 5. The molecular weight excluding hydrogens is 414 g/mol. The van der Waals surface area contributed by atoms with Crippen LogP contribution in [0, 0.1) is 6.92 Å². The summed E-state index contributed by atoms with van der Waals surface area (Å²) in [6.07, 6.45) is 1.60. The van der Waals surface area contributed by atoms with Crippen molar-refractivity contribution in [1.29, 1.82) is 0 Å². The molecule has 1 heterocycles. The van der Waals surface area contributed by atoms with E-state index in [9.17, 15) is 13.2 Å². The minimum atomic E-state index is -3.68. The molecule has 0 bridgehead atoms. The highest BCUT2D eigenvalue weighted by atomic mass is 32.2. The first kappa shape index (κ1) is 22.6. The number of anilines is 1. The molecule has 164 valence electrons. The lowest BCUT2D eigenvalue weighted by atomic mass is 10.1. The summed E-state index contributed by atoms with van der Waals surface area (Å²) in [5, 5.41) is 2.91. The van der Waals surface area contributed by atoms with E-state index in [0.29, 0.717) is 17.8 Å². The van der Waals surface area contributed by atoms with Crippen molar-refractivity contribution in [2.75, 3.05) is 32.0 Å². The van der Waals surface area contributed by atoms with Crippen LogP contribution in [0.3, 0.4) is 0 Å². The van der Waals surface area contributed by atoms with Crippen molar-refractivity contribution in [3.8, 4) is 0 Å². The van der Waals surface area contributed by atoms with E-state index in [2.05, 4.69) is 5.32 Å². The lowest BCUT2D eigenvalue weighted by Crippen LogP contribution is -2.34. The Bertz CT molecular complexity index is 1110. The third-order valence-electron chi connectivity index (χ3n) is 5.12. The summed E-state index contributed by atoms with van der Waals surface area (Å²) in [6, 6.07) is 16.8. The lowest BCUT2D eigenvalue weighted by molar-refractivity contribution is 0.0939. The number of sulfonamides is 1. The lowest BCUT2D eigenvalue weighted by Gasteiger charge is -2.22. The standard InChI is InChI=1S/C23H27N3O4S/c1-17-7-13-20(14-8-17)31(28,29)26(4)19-11-9-18(10-12-19)23(27)24-16-21(25(2)3)22-6-5-15-30-22/h5-15,21H,16H2,1-4H3,(H,24,27)/t21-/m1/s1. The van der Waals surface area contributed by atoms with Crippen LogP contribution in [0.5, 0.6) is 0 Å². The fourth-order valence-corrected chi connectivity index (χ4v) is 4.34. The van der Waals surface area contributed by atoms with Crippen LogP contribution < -0.4 is 9.62 Å². The summed E-state index contributed by atoms with van der Waals surface area (Å²) < 4.78 is 32.4.